The van der Waals surface area contributed by atoms with Crippen LogP contribution in [-0.4, -0.2) is 28.4 Å². The molecule has 1 aromatic rings. The van der Waals surface area contributed by atoms with Gasteiger partial charge in [-0.25, -0.2) is 5.84 Å². The summed E-state index contributed by atoms with van der Waals surface area (Å²) < 4.78 is 0. The minimum atomic E-state index is -0.254. The summed E-state index contributed by atoms with van der Waals surface area (Å²) in [6.07, 6.45) is 3.93. The van der Waals surface area contributed by atoms with E-state index in [-0.39, 0.29) is 17.9 Å². The van der Waals surface area contributed by atoms with Gasteiger partial charge in [-0.15, -0.1) is 0 Å². The predicted molar refractivity (Wildman–Crippen MR) is 75.8 cm³/mol. The maximum absolute atomic E-state index is 11.6. The number of hydrogen-bond acceptors (Lipinski definition) is 5. The molecule has 3 N–H and O–H groups in total. The van der Waals surface area contributed by atoms with Gasteiger partial charge in [-0.2, -0.15) is 5.26 Å². The standard InChI is InChI=1S/C14H21N5O/c1-11(14(20)18-16)12(2)19(8-4-6-15)10-13-5-3-7-17-9-13/h3,5,7,9,11-12H,4,8,10,16H2,1-2H3,(H,18,20). The number of nitrogens with one attached hydrogen (secondary N) is 1. The monoisotopic (exact) mass is 275 g/mol. The van der Waals surface area contributed by atoms with Crippen molar-refractivity contribution in [1.29, 1.82) is 5.26 Å². The number of nitrogens with zero attached hydrogens (tertiary/aromatic N) is 3. The zero-order chi connectivity index (χ0) is 15.0. The molecule has 20 heavy (non-hydrogen) atoms. The highest BCUT2D eigenvalue weighted by molar-refractivity contribution is 5.78. The van der Waals surface area contributed by atoms with E-state index in [1.54, 1.807) is 12.4 Å². The Morgan fingerprint density at radius 3 is 2.90 bits per heavy atom. The number of rotatable bonds is 7. The van der Waals surface area contributed by atoms with E-state index >= 15 is 0 Å². The molecule has 0 bridgehead atoms. The Kier molecular flexibility index (Phi) is 6.64. The van der Waals surface area contributed by atoms with Crippen LogP contribution in [0.4, 0.5) is 0 Å². The summed E-state index contributed by atoms with van der Waals surface area (Å²) >= 11 is 0. The number of carbonyl (C=O) groups is 1. The number of nitriles is 1. The maximum atomic E-state index is 11.6. The predicted octanol–water partition coefficient (Wildman–Crippen LogP) is 0.812. The lowest BCUT2D eigenvalue weighted by molar-refractivity contribution is -0.126. The van der Waals surface area contributed by atoms with Crippen molar-refractivity contribution in [3.63, 3.8) is 0 Å². The smallest absolute Gasteiger partial charge is 0.238 e. The molecular weight excluding hydrogens is 254 g/mol. The van der Waals surface area contributed by atoms with Crippen LogP contribution in [0.3, 0.4) is 0 Å². The fourth-order valence-electron chi connectivity index (χ4n) is 2.01. The molecule has 6 heteroatoms. The van der Waals surface area contributed by atoms with Gasteiger partial charge in [0.15, 0.2) is 0 Å². The van der Waals surface area contributed by atoms with Gasteiger partial charge in [0.2, 0.25) is 5.91 Å². The normalized spacial score (nSPS) is 13.6. The van der Waals surface area contributed by atoms with Crippen LogP contribution in [0.5, 0.6) is 0 Å². The van der Waals surface area contributed by atoms with Gasteiger partial charge in [-0.1, -0.05) is 13.0 Å². The first-order valence-corrected chi connectivity index (χ1v) is 6.60. The summed E-state index contributed by atoms with van der Waals surface area (Å²) in [5.41, 5.74) is 3.23. The Bertz CT molecular complexity index is 456. The molecule has 6 nitrogen and oxygen atoms in total. The SMILES string of the molecule is CC(C(=O)NN)C(C)N(CCC#N)Cc1cccnc1. The van der Waals surface area contributed by atoms with E-state index in [0.29, 0.717) is 19.5 Å². The van der Waals surface area contributed by atoms with E-state index < -0.39 is 0 Å². The number of aromatic nitrogens is 1. The van der Waals surface area contributed by atoms with Crippen molar-refractivity contribution in [3.8, 4) is 6.07 Å². The van der Waals surface area contributed by atoms with Crippen LogP contribution in [0.1, 0.15) is 25.8 Å². The van der Waals surface area contributed by atoms with E-state index in [1.807, 2.05) is 26.0 Å². The lowest BCUT2D eigenvalue weighted by Gasteiger charge is -2.31. The molecule has 1 heterocycles. The highest BCUT2D eigenvalue weighted by Gasteiger charge is 2.25. The third-order valence-electron chi connectivity index (χ3n) is 3.47. The van der Waals surface area contributed by atoms with Crippen LogP contribution >= 0.6 is 0 Å². The molecule has 2 atom stereocenters. The molecule has 0 saturated carbocycles. The van der Waals surface area contributed by atoms with Crippen molar-refractivity contribution in [2.24, 2.45) is 11.8 Å². The minimum Gasteiger partial charge on any atom is -0.295 e. The third kappa shape index (κ3) is 4.61. The van der Waals surface area contributed by atoms with Crippen LogP contribution < -0.4 is 11.3 Å². The summed E-state index contributed by atoms with van der Waals surface area (Å²) in [7, 11) is 0. The summed E-state index contributed by atoms with van der Waals surface area (Å²) in [4.78, 5) is 17.8. The van der Waals surface area contributed by atoms with E-state index in [2.05, 4.69) is 21.4 Å². The van der Waals surface area contributed by atoms with Crippen molar-refractivity contribution >= 4 is 5.91 Å². The fraction of sp³-hybridized carbons (Fsp3) is 0.500. The number of amides is 1. The summed E-state index contributed by atoms with van der Waals surface area (Å²) in [6.45, 7) is 5.05. The van der Waals surface area contributed by atoms with Gasteiger partial charge in [0.05, 0.1) is 12.0 Å². The first kappa shape index (κ1) is 16.1. The van der Waals surface area contributed by atoms with Gasteiger partial charge < -0.3 is 0 Å². The molecule has 0 spiro atoms. The molecule has 0 aliphatic rings. The average molecular weight is 275 g/mol. The number of hydrogen-bond donors (Lipinski definition) is 2. The van der Waals surface area contributed by atoms with Crippen molar-refractivity contribution in [2.45, 2.75) is 32.9 Å². The van der Waals surface area contributed by atoms with E-state index in [1.165, 1.54) is 0 Å². The summed E-state index contributed by atoms with van der Waals surface area (Å²) in [5.74, 6) is 4.73. The Morgan fingerprint density at radius 2 is 2.35 bits per heavy atom. The zero-order valence-corrected chi connectivity index (χ0v) is 11.9. The van der Waals surface area contributed by atoms with Crippen LogP contribution in [0, 0.1) is 17.2 Å². The first-order chi connectivity index (χ1) is 9.60. The Morgan fingerprint density at radius 1 is 1.60 bits per heavy atom. The quantitative estimate of drug-likeness (QED) is 0.436. The van der Waals surface area contributed by atoms with Gasteiger partial charge in [0.25, 0.3) is 0 Å². The lowest BCUT2D eigenvalue weighted by Crippen LogP contribution is -2.46. The molecule has 2 unspecified atom stereocenters. The van der Waals surface area contributed by atoms with Crippen molar-refractivity contribution in [2.75, 3.05) is 6.54 Å². The molecule has 0 fully saturated rings. The lowest BCUT2D eigenvalue weighted by atomic mass is 10.0. The van der Waals surface area contributed by atoms with E-state index in [0.717, 1.165) is 5.56 Å². The largest absolute Gasteiger partial charge is 0.295 e. The second-order valence-corrected chi connectivity index (χ2v) is 4.78. The third-order valence-corrected chi connectivity index (χ3v) is 3.47. The van der Waals surface area contributed by atoms with Gasteiger partial charge in [-0.05, 0) is 18.6 Å². The highest BCUT2D eigenvalue weighted by Crippen LogP contribution is 2.15. The van der Waals surface area contributed by atoms with E-state index in [4.69, 9.17) is 11.1 Å². The molecule has 1 amide bonds. The number of hydrazine groups is 1. The minimum absolute atomic E-state index is 0.0212. The second-order valence-electron chi connectivity index (χ2n) is 4.78. The van der Waals surface area contributed by atoms with Gasteiger partial charge in [-0.3, -0.25) is 20.1 Å². The first-order valence-electron chi connectivity index (χ1n) is 6.60. The second kappa shape index (κ2) is 8.25. The average Bonchev–Trinajstić information content (AvgIpc) is 2.50. The summed E-state index contributed by atoms with van der Waals surface area (Å²) in [6, 6.07) is 5.97. The molecular formula is C14H21N5O. The van der Waals surface area contributed by atoms with Gasteiger partial charge in [0.1, 0.15) is 0 Å². The van der Waals surface area contributed by atoms with E-state index in [9.17, 15) is 4.79 Å². The number of pyridine rings is 1. The van der Waals surface area contributed by atoms with Crippen LogP contribution in [0.25, 0.3) is 0 Å². The van der Waals surface area contributed by atoms with Crippen LogP contribution in [0.2, 0.25) is 0 Å². The maximum Gasteiger partial charge on any atom is 0.238 e. The molecule has 0 radical (unpaired) electrons. The molecule has 0 aliphatic heterocycles. The number of carbonyl (C=O) groups excluding carboxylic acids is 1. The van der Waals surface area contributed by atoms with Crippen molar-refractivity contribution in [3.05, 3.63) is 30.1 Å². The molecule has 0 saturated heterocycles. The number of nitrogens with two attached hydrogens (primary N) is 1. The van der Waals surface area contributed by atoms with Crippen molar-refractivity contribution in [1.82, 2.24) is 15.3 Å². The molecule has 1 rings (SSSR count). The molecule has 1 aromatic heterocycles. The highest BCUT2D eigenvalue weighted by atomic mass is 16.2. The fourth-order valence-corrected chi connectivity index (χ4v) is 2.01. The van der Waals surface area contributed by atoms with Crippen LogP contribution in [-0.2, 0) is 11.3 Å². The Balaban J connectivity index is 2.78. The topological polar surface area (TPSA) is 95.0 Å². The molecule has 0 aliphatic carbocycles. The Hall–Kier alpha value is -1.97. The Labute approximate surface area is 119 Å². The van der Waals surface area contributed by atoms with Crippen molar-refractivity contribution < 1.29 is 4.79 Å². The van der Waals surface area contributed by atoms with Crippen LogP contribution in [0.15, 0.2) is 24.5 Å². The molecule has 0 aromatic carbocycles. The van der Waals surface area contributed by atoms with Gasteiger partial charge in [0, 0.05) is 37.9 Å². The summed E-state index contributed by atoms with van der Waals surface area (Å²) in [5, 5.41) is 8.77. The molecule has 108 valence electrons. The van der Waals surface area contributed by atoms with Gasteiger partial charge >= 0.3 is 0 Å². The zero-order valence-electron chi connectivity index (χ0n) is 11.9.